The van der Waals surface area contributed by atoms with Gasteiger partial charge < -0.3 is 9.47 Å². The van der Waals surface area contributed by atoms with Crippen LogP contribution in [0, 0.1) is 0 Å². The molecule has 1 aromatic carbocycles. The molecule has 0 N–H and O–H groups in total. The summed E-state index contributed by atoms with van der Waals surface area (Å²) in [6, 6.07) is 9.51. The molecule has 4 nitrogen and oxygen atoms in total. The number of carbonyl (C=O) groups excluding carboxylic acids is 1. The lowest BCUT2D eigenvalue weighted by Gasteiger charge is -2.21. The van der Waals surface area contributed by atoms with E-state index in [-0.39, 0.29) is 5.97 Å². The summed E-state index contributed by atoms with van der Waals surface area (Å²) in [6.07, 6.45) is 2.00. The molecule has 2 aliphatic rings. The van der Waals surface area contributed by atoms with Gasteiger partial charge in [-0.25, -0.2) is 4.79 Å². The SMILES string of the molecule is CC(C)(C)OC(=O)C1N=C(I)C2=C1C=C(COCc1ccccc1)[B]2. The van der Waals surface area contributed by atoms with Crippen molar-refractivity contribution < 1.29 is 14.3 Å². The lowest BCUT2D eigenvalue weighted by Crippen LogP contribution is -2.31. The van der Waals surface area contributed by atoms with Gasteiger partial charge in [0.05, 0.1) is 16.9 Å². The Balaban J connectivity index is 1.60. The van der Waals surface area contributed by atoms with Crippen LogP contribution >= 0.6 is 22.6 Å². The Morgan fingerprint density at radius 3 is 2.64 bits per heavy atom. The molecule has 1 unspecified atom stereocenters. The molecule has 25 heavy (non-hydrogen) atoms. The molecule has 0 saturated carbocycles. The summed E-state index contributed by atoms with van der Waals surface area (Å²) in [4.78, 5) is 16.9. The van der Waals surface area contributed by atoms with E-state index >= 15 is 0 Å². The van der Waals surface area contributed by atoms with Gasteiger partial charge in [0.15, 0.2) is 13.3 Å². The molecule has 129 valence electrons. The molecule has 0 aliphatic carbocycles. The molecule has 0 amide bonds. The van der Waals surface area contributed by atoms with Crippen LogP contribution in [0.1, 0.15) is 26.3 Å². The minimum absolute atomic E-state index is 0.303. The Morgan fingerprint density at radius 2 is 1.96 bits per heavy atom. The van der Waals surface area contributed by atoms with Crippen LogP contribution in [0.25, 0.3) is 0 Å². The monoisotopic (exact) mass is 448 g/mol. The topological polar surface area (TPSA) is 47.9 Å². The van der Waals surface area contributed by atoms with Crippen molar-refractivity contribution in [3.05, 3.63) is 58.5 Å². The smallest absolute Gasteiger partial charge is 0.336 e. The van der Waals surface area contributed by atoms with Gasteiger partial charge in [0, 0.05) is 0 Å². The molecule has 3 rings (SSSR count). The Bertz CT molecular complexity index is 763. The number of benzene rings is 1. The third-order valence-electron chi connectivity index (χ3n) is 3.75. The number of hydrogen-bond acceptors (Lipinski definition) is 4. The van der Waals surface area contributed by atoms with Crippen molar-refractivity contribution in [3.63, 3.8) is 0 Å². The van der Waals surface area contributed by atoms with E-state index in [0.29, 0.717) is 13.2 Å². The van der Waals surface area contributed by atoms with E-state index in [1.54, 1.807) is 0 Å². The van der Waals surface area contributed by atoms with Crippen LogP contribution in [0.4, 0.5) is 0 Å². The molecule has 0 fully saturated rings. The van der Waals surface area contributed by atoms with Crippen molar-refractivity contribution in [1.82, 2.24) is 0 Å². The van der Waals surface area contributed by atoms with Gasteiger partial charge in [-0.05, 0) is 60.0 Å². The van der Waals surface area contributed by atoms with Gasteiger partial charge in [-0.1, -0.05) is 41.9 Å². The molecule has 6 heteroatoms. The van der Waals surface area contributed by atoms with E-state index in [9.17, 15) is 4.79 Å². The number of nitrogens with zero attached hydrogens (tertiary/aromatic N) is 1. The second kappa shape index (κ2) is 7.46. The first-order valence-electron chi connectivity index (χ1n) is 8.21. The highest BCUT2D eigenvalue weighted by molar-refractivity contribution is 14.1. The molecule has 0 bridgehead atoms. The number of ether oxygens (including phenoxy) is 2. The molecule has 1 radical (unpaired) electrons. The third kappa shape index (κ3) is 4.61. The van der Waals surface area contributed by atoms with E-state index in [2.05, 4.69) is 34.9 Å². The van der Waals surface area contributed by atoms with E-state index < -0.39 is 11.6 Å². The van der Waals surface area contributed by atoms with Crippen LogP contribution in [-0.4, -0.2) is 35.2 Å². The summed E-state index contributed by atoms with van der Waals surface area (Å²) in [5, 5.41) is 0. The predicted octanol–water partition coefficient (Wildman–Crippen LogP) is 3.62. The standard InChI is InChI=1S/C19H20BINO3/c1-19(2,3)25-18(23)16-14-9-13(20-15(14)17(21)22-16)11-24-10-12-7-5-4-6-8-12/h4-9,16H,10-11H2,1-3H3. The molecule has 1 aromatic rings. The summed E-state index contributed by atoms with van der Waals surface area (Å²) in [6.45, 7) is 6.67. The minimum Gasteiger partial charge on any atom is -0.458 e. The number of halogens is 1. The molecular formula is C19H20BINO3. The molecule has 2 heterocycles. The van der Waals surface area contributed by atoms with Crippen molar-refractivity contribution in [2.24, 2.45) is 4.99 Å². The molecule has 2 aliphatic heterocycles. The molecule has 0 aromatic heterocycles. The summed E-state index contributed by atoms with van der Waals surface area (Å²) in [5.74, 6) is -0.303. The van der Waals surface area contributed by atoms with Crippen LogP contribution < -0.4 is 0 Å². The van der Waals surface area contributed by atoms with Gasteiger partial charge in [-0.2, -0.15) is 0 Å². The maximum absolute atomic E-state index is 12.4. The highest BCUT2D eigenvalue weighted by Crippen LogP contribution is 2.33. The van der Waals surface area contributed by atoms with Gasteiger partial charge in [0.25, 0.3) is 0 Å². The highest BCUT2D eigenvalue weighted by atomic mass is 127. The first-order chi connectivity index (χ1) is 11.8. The summed E-state index contributed by atoms with van der Waals surface area (Å²) in [5.41, 5.74) is 3.60. The fourth-order valence-electron chi connectivity index (χ4n) is 2.73. The number of aliphatic imine (C=N–C) groups is 1. The van der Waals surface area contributed by atoms with Crippen LogP contribution in [0.15, 0.2) is 57.9 Å². The maximum Gasteiger partial charge on any atom is 0.336 e. The van der Waals surface area contributed by atoms with Crippen LogP contribution in [0.3, 0.4) is 0 Å². The second-order valence-corrected chi connectivity index (χ2v) is 8.09. The molecular weight excluding hydrogens is 428 g/mol. The van der Waals surface area contributed by atoms with Crippen LogP contribution in [-0.2, 0) is 20.9 Å². The van der Waals surface area contributed by atoms with E-state index in [1.165, 1.54) is 0 Å². The first kappa shape index (κ1) is 18.4. The van der Waals surface area contributed by atoms with E-state index in [1.807, 2.05) is 57.2 Å². The van der Waals surface area contributed by atoms with E-state index in [0.717, 1.165) is 25.8 Å². The summed E-state index contributed by atoms with van der Waals surface area (Å²) < 4.78 is 12.1. The van der Waals surface area contributed by atoms with Crippen molar-refractivity contribution in [2.75, 3.05) is 6.61 Å². The molecule has 0 spiro atoms. The third-order valence-corrected chi connectivity index (χ3v) is 4.61. The lowest BCUT2D eigenvalue weighted by molar-refractivity contribution is -0.155. The number of carbonyl (C=O) groups is 1. The van der Waals surface area contributed by atoms with Crippen molar-refractivity contribution >= 4 is 39.6 Å². The van der Waals surface area contributed by atoms with Gasteiger partial charge in [0.2, 0.25) is 0 Å². The Hall–Kier alpha value is -1.41. The van der Waals surface area contributed by atoms with Crippen molar-refractivity contribution in [1.29, 1.82) is 0 Å². The highest BCUT2D eigenvalue weighted by Gasteiger charge is 2.37. The quantitative estimate of drug-likeness (QED) is 0.393. The van der Waals surface area contributed by atoms with Gasteiger partial charge in [0.1, 0.15) is 5.60 Å². The van der Waals surface area contributed by atoms with E-state index in [4.69, 9.17) is 9.47 Å². The normalized spacial score (nSPS) is 19.3. The minimum atomic E-state index is -0.566. The Kier molecular flexibility index (Phi) is 5.48. The predicted molar refractivity (Wildman–Crippen MR) is 108 cm³/mol. The van der Waals surface area contributed by atoms with Gasteiger partial charge in [-0.15, -0.1) is 0 Å². The zero-order valence-corrected chi connectivity index (χ0v) is 16.7. The molecule has 1 atom stereocenters. The maximum atomic E-state index is 12.4. The Morgan fingerprint density at radius 1 is 1.24 bits per heavy atom. The van der Waals surface area contributed by atoms with Crippen molar-refractivity contribution in [2.45, 2.75) is 39.0 Å². The van der Waals surface area contributed by atoms with Crippen LogP contribution in [0.5, 0.6) is 0 Å². The zero-order chi connectivity index (χ0) is 18.0. The van der Waals surface area contributed by atoms with Crippen molar-refractivity contribution in [3.8, 4) is 0 Å². The van der Waals surface area contributed by atoms with Gasteiger partial charge in [-0.3, -0.25) is 4.99 Å². The van der Waals surface area contributed by atoms with Crippen LogP contribution in [0.2, 0.25) is 0 Å². The number of hydrogen-bond donors (Lipinski definition) is 0. The largest absolute Gasteiger partial charge is 0.458 e. The summed E-state index contributed by atoms with van der Waals surface area (Å²) >= 11 is 2.17. The first-order valence-corrected chi connectivity index (χ1v) is 9.29. The fraction of sp³-hybridized carbons (Fsp3) is 0.368. The number of allylic oxidation sites excluding steroid dienone is 1. The second-order valence-electron chi connectivity index (χ2n) is 7.07. The fourth-order valence-corrected chi connectivity index (χ4v) is 3.47. The lowest BCUT2D eigenvalue weighted by atomic mass is 9.66. The number of rotatable bonds is 5. The average Bonchev–Trinajstić information content (AvgIpc) is 3.07. The average molecular weight is 448 g/mol. The summed E-state index contributed by atoms with van der Waals surface area (Å²) in [7, 11) is 2.05. The molecule has 0 saturated heterocycles. The zero-order valence-electron chi connectivity index (χ0n) is 14.6. The van der Waals surface area contributed by atoms with Gasteiger partial charge >= 0.3 is 5.97 Å². The number of esters is 1. The Labute approximate surface area is 162 Å².